The van der Waals surface area contributed by atoms with Crippen LogP contribution in [-0.2, 0) is 10.3 Å². The molecule has 0 saturated carbocycles. The molecule has 0 bridgehead atoms. The standard InChI is InChI=1S/C19H20Cl2O2S/c1-2-24-12-13-11-19(22,15-8-4-6-10-17(15)21)18(23-13)14-7-3-5-9-16(14)20/h3-10,13,18,22H,2,11-12H2,1H3/t13-,18+,19-/m1/s1. The molecule has 1 fully saturated rings. The van der Waals surface area contributed by atoms with Crippen molar-refractivity contribution >= 4 is 35.0 Å². The number of thioether (sulfide) groups is 1. The number of aliphatic hydroxyl groups is 1. The van der Waals surface area contributed by atoms with Crippen LogP contribution in [0.2, 0.25) is 10.0 Å². The van der Waals surface area contributed by atoms with Gasteiger partial charge in [0.15, 0.2) is 0 Å². The predicted octanol–water partition coefficient (Wildman–Crippen LogP) is 5.46. The zero-order valence-electron chi connectivity index (χ0n) is 13.4. The number of ether oxygens (including phenoxy) is 1. The zero-order chi connectivity index (χ0) is 17.2. The fraction of sp³-hybridized carbons (Fsp3) is 0.368. The second-order valence-corrected chi connectivity index (χ2v) is 8.06. The summed E-state index contributed by atoms with van der Waals surface area (Å²) < 4.78 is 6.24. The lowest BCUT2D eigenvalue weighted by molar-refractivity contribution is -0.0513. The molecule has 2 nitrogen and oxygen atoms in total. The lowest BCUT2D eigenvalue weighted by atomic mass is 9.83. The molecule has 0 unspecified atom stereocenters. The first-order valence-electron chi connectivity index (χ1n) is 8.01. The van der Waals surface area contributed by atoms with Crippen LogP contribution >= 0.6 is 35.0 Å². The minimum Gasteiger partial charge on any atom is -0.382 e. The molecule has 3 atom stereocenters. The Morgan fingerprint density at radius 3 is 2.46 bits per heavy atom. The molecule has 0 aliphatic carbocycles. The molecule has 1 saturated heterocycles. The molecular formula is C19H20Cl2O2S. The van der Waals surface area contributed by atoms with E-state index in [9.17, 15) is 5.11 Å². The average Bonchev–Trinajstić information content (AvgIpc) is 2.91. The molecule has 128 valence electrons. The van der Waals surface area contributed by atoms with Crippen LogP contribution in [0.4, 0.5) is 0 Å². The van der Waals surface area contributed by atoms with E-state index in [1.165, 1.54) is 0 Å². The molecule has 0 amide bonds. The van der Waals surface area contributed by atoms with Crippen LogP contribution in [0.5, 0.6) is 0 Å². The van der Waals surface area contributed by atoms with E-state index >= 15 is 0 Å². The Bertz CT molecular complexity index is 709. The van der Waals surface area contributed by atoms with Crippen LogP contribution < -0.4 is 0 Å². The average molecular weight is 383 g/mol. The van der Waals surface area contributed by atoms with Crippen LogP contribution in [0.15, 0.2) is 48.5 Å². The van der Waals surface area contributed by atoms with Gasteiger partial charge < -0.3 is 9.84 Å². The van der Waals surface area contributed by atoms with Crippen LogP contribution in [0, 0.1) is 0 Å². The molecule has 3 rings (SSSR count). The summed E-state index contributed by atoms with van der Waals surface area (Å²) in [5, 5.41) is 12.7. The maximum absolute atomic E-state index is 11.6. The minimum absolute atomic E-state index is 0.0440. The summed E-state index contributed by atoms with van der Waals surface area (Å²) in [5.74, 6) is 1.85. The van der Waals surface area contributed by atoms with Gasteiger partial charge in [0, 0.05) is 33.3 Å². The van der Waals surface area contributed by atoms with E-state index in [1.54, 1.807) is 17.8 Å². The third-order valence-electron chi connectivity index (χ3n) is 4.34. The summed E-state index contributed by atoms with van der Waals surface area (Å²) in [6.45, 7) is 2.12. The van der Waals surface area contributed by atoms with Gasteiger partial charge in [0.2, 0.25) is 0 Å². The fourth-order valence-electron chi connectivity index (χ4n) is 3.24. The van der Waals surface area contributed by atoms with E-state index < -0.39 is 11.7 Å². The van der Waals surface area contributed by atoms with Crippen molar-refractivity contribution in [1.29, 1.82) is 0 Å². The Labute approximate surface area is 157 Å². The number of rotatable bonds is 5. The highest BCUT2D eigenvalue weighted by Crippen LogP contribution is 2.51. The summed E-state index contributed by atoms with van der Waals surface area (Å²) in [7, 11) is 0. The minimum atomic E-state index is -1.19. The molecule has 1 aliphatic heterocycles. The maximum atomic E-state index is 11.6. The SMILES string of the molecule is CCSC[C@H]1C[C@@](O)(c2ccccc2Cl)[C@H](c2ccccc2Cl)O1. The Kier molecular flexibility index (Phi) is 5.78. The van der Waals surface area contributed by atoms with Crippen molar-refractivity contribution in [3.05, 3.63) is 69.7 Å². The van der Waals surface area contributed by atoms with Gasteiger partial charge in [-0.3, -0.25) is 0 Å². The maximum Gasteiger partial charge on any atom is 0.124 e. The van der Waals surface area contributed by atoms with Crippen LogP contribution in [0.25, 0.3) is 0 Å². The van der Waals surface area contributed by atoms with Crippen molar-refractivity contribution < 1.29 is 9.84 Å². The molecule has 0 spiro atoms. The highest BCUT2D eigenvalue weighted by molar-refractivity contribution is 7.99. The van der Waals surface area contributed by atoms with Gasteiger partial charge in [-0.2, -0.15) is 11.8 Å². The van der Waals surface area contributed by atoms with Gasteiger partial charge in [0.1, 0.15) is 11.7 Å². The molecule has 1 aliphatic rings. The molecule has 2 aromatic rings. The normalized spacial score (nSPS) is 26.7. The van der Waals surface area contributed by atoms with Crippen molar-refractivity contribution in [2.45, 2.75) is 31.2 Å². The van der Waals surface area contributed by atoms with Crippen molar-refractivity contribution in [1.82, 2.24) is 0 Å². The topological polar surface area (TPSA) is 29.5 Å². The summed E-state index contributed by atoms with van der Waals surface area (Å²) in [6, 6.07) is 14.9. The Hall–Kier alpha value is -0.710. The van der Waals surface area contributed by atoms with E-state index in [2.05, 4.69) is 6.92 Å². The highest BCUT2D eigenvalue weighted by Gasteiger charge is 2.50. The van der Waals surface area contributed by atoms with Gasteiger partial charge >= 0.3 is 0 Å². The highest BCUT2D eigenvalue weighted by atomic mass is 35.5. The third kappa shape index (κ3) is 3.47. The van der Waals surface area contributed by atoms with Gasteiger partial charge in [-0.15, -0.1) is 0 Å². The van der Waals surface area contributed by atoms with E-state index in [-0.39, 0.29) is 6.10 Å². The molecular weight excluding hydrogens is 363 g/mol. The summed E-state index contributed by atoms with van der Waals surface area (Å²) in [5.41, 5.74) is 0.300. The molecule has 0 aromatic heterocycles. The van der Waals surface area contributed by atoms with Gasteiger partial charge in [-0.05, 0) is 17.9 Å². The Balaban J connectivity index is 2.03. The number of hydrogen-bond donors (Lipinski definition) is 1. The summed E-state index contributed by atoms with van der Waals surface area (Å²) >= 11 is 14.6. The van der Waals surface area contributed by atoms with E-state index in [4.69, 9.17) is 27.9 Å². The molecule has 2 aromatic carbocycles. The quantitative estimate of drug-likeness (QED) is 0.743. The summed E-state index contributed by atoms with van der Waals surface area (Å²) in [6.07, 6.45) is -0.0781. The lowest BCUT2D eigenvalue weighted by Gasteiger charge is -2.30. The van der Waals surface area contributed by atoms with Crippen molar-refractivity contribution in [3.8, 4) is 0 Å². The van der Waals surface area contributed by atoms with Crippen molar-refractivity contribution in [3.63, 3.8) is 0 Å². The number of hydrogen-bond acceptors (Lipinski definition) is 3. The third-order valence-corrected chi connectivity index (χ3v) is 6.03. The van der Waals surface area contributed by atoms with Gasteiger partial charge in [-0.25, -0.2) is 0 Å². The van der Waals surface area contributed by atoms with Crippen LogP contribution in [0.1, 0.15) is 30.6 Å². The second-order valence-electron chi connectivity index (χ2n) is 5.93. The van der Waals surface area contributed by atoms with Gasteiger partial charge in [0.25, 0.3) is 0 Å². The largest absolute Gasteiger partial charge is 0.382 e. The summed E-state index contributed by atoms with van der Waals surface area (Å²) in [4.78, 5) is 0. The first kappa shape index (κ1) is 18.1. The van der Waals surface area contributed by atoms with Crippen LogP contribution in [-0.4, -0.2) is 22.7 Å². The van der Waals surface area contributed by atoms with E-state index in [1.807, 2.05) is 42.5 Å². The molecule has 1 N–H and O–H groups in total. The zero-order valence-corrected chi connectivity index (χ0v) is 15.7. The second kappa shape index (κ2) is 7.67. The Morgan fingerprint density at radius 1 is 1.12 bits per heavy atom. The molecule has 5 heteroatoms. The van der Waals surface area contributed by atoms with Gasteiger partial charge in [-0.1, -0.05) is 66.5 Å². The molecule has 1 heterocycles. The number of benzene rings is 2. The first-order chi connectivity index (χ1) is 11.6. The van der Waals surface area contributed by atoms with Crippen molar-refractivity contribution in [2.24, 2.45) is 0 Å². The Morgan fingerprint density at radius 2 is 1.79 bits per heavy atom. The fourth-order valence-corrected chi connectivity index (χ4v) is 4.47. The van der Waals surface area contributed by atoms with Crippen LogP contribution in [0.3, 0.4) is 0 Å². The predicted molar refractivity (Wildman–Crippen MR) is 102 cm³/mol. The van der Waals surface area contributed by atoms with E-state index in [0.29, 0.717) is 22.0 Å². The smallest absolute Gasteiger partial charge is 0.124 e. The van der Waals surface area contributed by atoms with Gasteiger partial charge in [0.05, 0.1) is 6.10 Å². The van der Waals surface area contributed by atoms with E-state index in [0.717, 1.165) is 17.1 Å². The first-order valence-corrected chi connectivity index (χ1v) is 9.92. The molecule has 24 heavy (non-hydrogen) atoms. The monoisotopic (exact) mass is 382 g/mol. The molecule has 0 radical (unpaired) electrons. The number of halogens is 2. The van der Waals surface area contributed by atoms with Crippen molar-refractivity contribution in [2.75, 3.05) is 11.5 Å². The lowest BCUT2D eigenvalue weighted by Crippen LogP contribution is -2.30.